The Hall–Kier alpha value is -1.10. The summed E-state index contributed by atoms with van der Waals surface area (Å²) in [5.41, 5.74) is 0.628. The number of nitrogens with zero attached hydrogens (tertiary/aromatic N) is 1. The van der Waals surface area contributed by atoms with Crippen molar-refractivity contribution < 1.29 is 13.2 Å². The fraction of sp³-hybridized carbons (Fsp3) is 0.545. The van der Waals surface area contributed by atoms with Crippen molar-refractivity contribution in [3.05, 3.63) is 17.8 Å². The monoisotopic (exact) mass is 241 g/mol. The third-order valence-electron chi connectivity index (χ3n) is 2.56. The molecule has 0 unspecified atom stereocenters. The Labute approximate surface area is 95.6 Å². The van der Waals surface area contributed by atoms with Gasteiger partial charge in [0.2, 0.25) is 0 Å². The molecular weight excluding hydrogens is 226 g/mol. The maximum Gasteiger partial charge on any atom is 0.192 e. The summed E-state index contributed by atoms with van der Waals surface area (Å²) < 4.78 is 28.1. The second kappa shape index (κ2) is 4.05. The van der Waals surface area contributed by atoms with E-state index in [1.54, 1.807) is 13.0 Å². The van der Waals surface area contributed by atoms with Gasteiger partial charge >= 0.3 is 0 Å². The van der Waals surface area contributed by atoms with Crippen molar-refractivity contribution in [2.24, 2.45) is 5.92 Å². The van der Waals surface area contributed by atoms with E-state index < -0.39 is 9.84 Å². The molecule has 0 radical (unpaired) electrons. The van der Waals surface area contributed by atoms with Crippen LogP contribution < -0.4 is 4.74 Å². The molecule has 4 nitrogen and oxygen atoms in total. The molecule has 1 aromatic heterocycles. The summed E-state index contributed by atoms with van der Waals surface area (Å²) >= 11 is 0. The lowest BCUT2D eigenvalue weighted by Gasteiger charge is -2.08. The molecular formula is C11H15NO3S. The Morgan fingerprint density at radius 1 is 1.44 bits per heavy atom. The predicted molar refractivity (Wildman–Crippen MR) is 60.3 cm³/mol. The first-order valence-corrected chi connectivity index (χ1v) is 7.16. The average Bonchev–Trinajstić information content (AvgIpc) is 2.98. The van der Waals surface area contributed by atoms with E-state index in [0.29, 0.717) is 24.0 Å². The molecule has 0 N–H and O–H groups in total. The minimum atomic E-state index is -3.23. The highest BCUT2D eigenvalue weighted by Crippen LogP contribution is 2.30. The van der Waals surface area contributed by atoms with Crippen LogP contribution in [0.3, 0.4) is 0 Å². The van der Waals surface area contributed by atoms with E-state index >= 15 is 0 Å². The molecule has 1 saturated carbocycles. The second-order valence-electron chi connectivity index (χ2n) is 4.26. The van der Waals surface area contributed by atoms with Crippen molar-refractivity contribution >= 4 is 9.84 Å². The highest BCUT2D eigenvalue weighted by Gasteiger charge is 2.22. The van der Waals surface area contributed by atoms with Gasteiger partial charge in [-0.1, -0.05) is 0 Å². The first kappa shape index (κ1) is 11.4. The Morgan fingerprint density at radius 3 is 2.62 bits per heavy atom. The zero-order valence-electron chi connectivity index (χ0n) is 9.43. The van der Waals surface area contributed by atoms with Gasteiger partial charge in [0.05, 0.1) is 12.3 Å². The number of aryl methyl sites for hydroxylation is 1. The maximum absolute atomic E-state index is 11.3. The van der Waals surface area contributed by atoms with Gasteiger partial charge in [0.1, 0.15) is 5.75 Å². The van der Waals surface area contributed by atoms with Crippen LogP contribution >= 0.6 is 0 Å². The molecule has 2 rings (SSSR count). The van der Waals surface area contributed by atoms with E-state index in [4.69, 9.17) is 4.74 Å². The van der Waals surface area contributed by atoms with Crippen LogP contribution in [-0.4, -0.2) is 26.3 Å². The number of sulfone groups is 1. The Bertz CT molecular complexity index is 492. The normalized spacial score (nSPS) is 16.1. The molecule has 0 atom stereocenters. The smallest absolute Gasteiger partial charge is 0.192 e. The zero-order chi connectivity index (χ0) is 11.8. The minimum absolute atomic E-state index is 0.101. The fourth-order valence-electron chi connectivity index (χ4n) is 1.38. The number of aromatic nitrogens is 1. The molecule has 5 heteroatoms. The number of hydrogen-bond acceptors (Lipinski definition) is 4. The standard InChI is InChI=1S/C11H15NO3S/c1-8-10(15-7-9-3-4-9)5-6-11(12-8)16(2,13)14/h5-6,9H,3-4,7H2,1-2H3. The number of rotatable bonds is 4. The molecule has 0 saturated heterocycles. The zero-order valence-corrected chi connectivity index (χ0v) is 10.3. The average molecular weight is 241 g/mol. The van der Waals surface area contributed by atoms with Gasteiger partial charge in [-0.2, -0.15) is 0 Å². The van der Waals surface area contributed by atoms with E-state index in [0.717, 1.165) is 6.26 Å². The van der Waals surface area contributed by atoms with Crippen LogP contribution in [0.15, 0.2) is 17.2 Å². The van der Waals surface area contributed by atoms with Gasteiger partial charge in [0, 0.05) is 6.26 Å². The van der Waals surface area contributed by atoms with Crippen molar-refractivity contribution in [3.8, 4) is 5.75 Å². The van der Waals surface area contributed by atoms with Crippen molar-refractivity contribution in [1.82, 2.24) is 4.98 Å². The lowest BCUT2D eigenvalue weighted by atomic mass is 10.3. The third-order valence-corrected chi connectivity index (χ3v) is 3.55. The maximum atomic E-state index is 11.3. The van der Waals surface area contributed by atoms with Crippen molar-refractivity contribution in [3.63, 3.8) is 0 Å². The molecule has 0 aromatic carbocycles. The van der Waals surface area contributed by atoms with Crippen LogP contribution in [0.4, 0.5) is 0 Å². The number of hydrogen-bond donors (Lipinski definition) is 0. The molecule has 1 heterocycles. The largest absolute Gasteiger partial charge is 0.491 e. The quantitative estimate of drug-likeness (QED) is 0.803. The topological polar surface area (TPSA) is 56.3 Å². The molecule has 16 heavy (non-hydrogen) atoms. The number of pyridine rings is 1. The van der Waals surface area contributed by atoms with Gasteiger partial charge < -0.3 is 4.74 Å². The lowest BCUT2D eigenvalue weighted by molar-refractivity contribution is 0.296. The predicted octanol–water partition coefficient (Wildman–Crippen LogP) is 1.58. The van der Waals surface area contributed by atoms with Gasteiger partial charge in [0.25, 0.3) is 0 Å². The molecule has 88 valence electrons. The van der Waals surface area contributed by atoms with Crippen molar-refractivity contribution in [2.45, 2.75) is 24.8 Å². The van der Waals surface area contributed by atoms with Crippen molar-refractivity contribution in [2.75, 3.05) is 12.9 Å². The Morgan fingerprint density at radius 2 is 2.12 bits per heavy atom. The van der Waals surface area contributed by atoms with Crippen LogP contribution in [0.1, 0.15) is 18.5 Å². The molecule has 0 aliphatic heterocycles. The van der Waals surface area contributed by atoms with E-state index in [-0.39, 0.29) is 5.03 Å². The molecule has 1 aliphatic carbocycles. The third kappa shape index (κ3) is 2.72. The van der Waals surface area contributed by atoms with Gasteiger partial charge in [0.15, 0.2) is 14.9 Å². The summed E-state index contributed by atoms with van der Waals surface area (Å²) in [5, 5.41) is 0.101. The first-order valence-electron chi connectivity index (χ1n) is 5.27. The Kier molecular flexibility index (Phi) is 2.88. The molecule has 0 spiro atoms. The summed E-state index contributed by atoms with van der Waals surface area (Å²) in [6.07, 6.45) is 3.61. The second-order valence-corrected chi connectivity index (χ2v) is 6.22. The molecule has 1 fully saturated rings. The molecule has 1 aromatic rings. The SMILES string of the molecule is Cc1nc(S(C)(=O)=O)ccc1OCC1CC1. The number of ether oxygens (including phenoxy) is 1. The van der Waals surface area contributed by atoms with Crippen LogP contribution in [0.2, 0.25) is 0 Å². The van der Waals surface area contributed by atoms with Crippen LogP contribution in [0.25, 0.3) is 0 Å². The van der Waals surface area contributed by atoms with E-state index in [1.165, 1.54) is 18.9 Å². The van der Waals surface area contributed by atoms with Crippen molar-refractivity contribution in [1.29, 1.82) is 0 Å². The fourth-order valence-corrected chi connectivity index (χ4v) is 1.99. The van der Waals surface area contributed by atoms with Gasteiger partial charge in [-0.25, -0.2) is 13.4 Å². The highest BCUT2D eigenvalue weighted by atomic mass is 32.2. The first-order chi connectivity index (χ1) is 7.47. The summed E-state index contributed by atoms with van der Waals surface area (Å²) in [6.45, 7) is 2.47. The summed E-state index contributed by atoms with van der Waals surface area (Å²) in [4.78, 5) is 4.03. The van der Waals surface area contributed by atoms with E-state index in [1.807, 2.05) is 0 Å². The summed E-state index contributed by atoms with van der Waals surface area (Å²) in [7, 11) is -3.23. The van der Waals surface area contributed by atoms with E-state index in [9.17, 15) is 8.42 Å². The van der Waals surface area contributed by atoms with Crippen LogP contribution in [-0.2, 0) is 9.84 Å². The Balaban J connectivity index is 2.15. The van der Waals surface area contributed by atoms with Crippen LogP contribution in [0.5, 0.6) is 5.75 Å². The lowest BCUT2D eigenvalue weighted by Crippen LogP contribution is -2.05. The highest BCUT2D eigenvalue weighted by molar-refractivity contribution is 7.90. The molecule has 0 amide bonds. The van der Waals surface area contributed by atoms with Crippen LogP contribution in [0, 0.1) is 12.8 Å². The summed E-state index contributed by atoms with van der Waals surface area (Å²) in [5.74, 6) is 1.35. The van der Waals surface area contributed by atoms with Gasteiger partial charge in [-0.15, -0.1) is 0 Å². The molecule has 1 aliphatic rings. The minimum Gasteiger partial charge on any atom is -0.491 e. The van der Waals surface area contributed by atoms with Gasteiger partial charge in [-0.3, -0.25) is 0 Å². The summed E-state index contributed by atoms with van der Waals surface area (Å²) in [6, 6.07) is 3.17. The van der Waals surface area contributed by atoms with E-state index in [2.05, 4.69) is 4.98 Å². The van der Waals surface area contributed by atoms with Gasteiger partial charge in [-0.05, 0) is 37.8 Å². The molecule has 0 bridgehead atoms.